The van der Waals surface area contributed by atoms with E-state index in [9.17, 15) is 0 Å². The smallest absolute Gasteiger partial charge is 0.160 e. The van der Waals surface area contributed by atoms with Crippen molar-refractivity contribution in [3.63, 3.8) is 0 Å². The minimum atomic E-state index is 0.244. The number of nitrogen functional groups attached to an aromatic ring is 1. The Bertz CT molecular complexity index is 386. The zero-order valence-electron chi connectivity index (χ0n) is 11.1. The van der Waals surface area contributed by atoms with Gasteiger partial charge in [0.05, 0.1) is 12.4 Å². The third-order valence-electron chi connectivity index (χ3n) is 3.86. The predicted octanol–water partition coefficient (Wildman–Crippen LogP) is 1.05. The fourth-order valence-corrected chi connectivity index (χ4v) is 2.59. The summed E-state index contributed by atoms with van der Waals surface area (Å²) in [6.07, 6.45) is 8.39. The molecule has 18 heavy (non-hydrogen) atoms. The van der Waals surface area contributed by atoms with Gasteiger partial charge in [0.1, 0.15) is 5.82 Å². The molecule has 1 aliphatic rings. The second-order valence-electron chi connectivity index (χ2n) is 5.11. The zero-order chi connectivity index (χ0) is 13.0. The van der Waals surface area contributed by atoms with Crippen molar-refractivity contribution < 1.29 is 0 Å². The van der Waals surface area contributed by atoms with Gasteiger partial charge in [0, 0.05) is 12.1 Å². The van der Waals surface area contributed by atoms with Crippen LogP contribution in [0.3, 0.4) is 0 Å². The van der Waals surface area contributed by atoms with Crippen molar-refractivity contribution in [1.82, 2.24) is 14.9 Å². The number of likely N-dealkylation sites (N-methyl/N-ethyl adjacent to an activating group) is 1. The third kappa shape index (κ3) is 2.70. The summed E-state index contributed by atoms with van der Waals surface area (Å²) in [5.41, 5.74) is 2.75. The van der Waals surface area contributed by atoms with Crippen molar-refractivity contribution in [2.45, 2.75) is 31.2 Å². The first-order valence-electron chi connectivity index (χ1n) is 6.36. The fourth-order valence-electron chi connectivity index (χ4n) is 2.59. The van der Waals surface area contributed by atoms with Crippen LogP contribution in [0.5, 0.6) is 0 Å². The lowest BCUT2D eigenvalue weighted by molar-refractivity contribution is 0.172. The molecule has 1 aromatic heterocycles. The van der Waals surface area contributed by atoms with Gasteiger partial charge in [0.2, 0.25) is 0 Å². The normalized spacial score (nSPS) is 18.0. The van der Waals surface area contributed by atoms with E-state index in [1.807, 2.05) is 0 Å². The molecule has 1 aliphatic carbocycles. The Hall–Kier alpha value is -1.40. The van der Waals surface area contributed by atoms with Crippen LogP contribution in [0.25, 0.3) is 0 Å². The molecular formula is C12H22N6. The van der Waals surface area contributed by atoms with E-state index < -0.39 is 0 Å². The summed E-state index contributed by atoms with van der Waals surface area (Å²) in [5, 5.41) is 3.37. The van der Waals surface area contributed by atoms with Gasteiger partial charge < -0.3 is 15.6 Å². The average molecular weight is 250 g/mol. The van der Waals surface area contributed by atoms with E-state index in [4.69, 9.17) is 5.84 Å². The van der Waals surface area contributed by atoms with Crippen LogP contribution in [0, 0.1) is 0 Å². The number of hydrogen-bond acceptors (Lipinski definition) is 6. The Morgan fingerprint density at radius 1 is 1.28 bits per heavy atom. The van der Waals surface area contributed by atoms with Crippen molar-refractivity contribution in [3.05, 3.63) is 12.4 Å². The first-order valence-corrected chi connectivity index (χ1v) is 6.36. The number of nitrogens with zero attached hydrogens (tertiary/aromatic N) is 3. The van der Waals surface area contributed by atoms with Gasteiger partial charge in [-0.3, -0.25) is 4.98 Å². The molecule has 1 aromatic rings. The molecule has 6 nitrogen and oxygen atoms in total. The van der Waals surface area contributed by atoms with Crippen LogP contribution in [0.15, 0.2) is 12.4 Å². The van der Waals surface area contributed by atoms with Crippen molar-refractivity contribution >= 4 is 11.6 Å². The average Bonchev–Trinajstić information content (AvgIpc) is 2.87. The summed E-state index contributed by atoms with van der Waals surface area (Å²) in [6.45, 7) is 0.892. The Kier molecular flexibility index (Phi) is 3.98. The lowest BCUT2D eigenvalue weighted by Gasteiger charge is -2.36. The van der Waals surface area contributed by atoms with E-state index >= 15 is 0 Å². The van der Waals surface area contributed by atoms with Gasteiger partial charge in [0.15, 0.2) is 5.82 Å². The zero-order valence-corrected chi connectivity index (χ0v) is 11.1. The molecule has 2 rings (SSSR count). The minimum Gasteiger partial charge on any atom is -0.367 e. The van der Waals surface area contributed by atoms with Gasteiger partial charge in [0.25, 0.3) is 0 Å². The van der Waals surface area contributed by atoms with Gasteiger partial charge >= 0.3 is 0 Å². The van der Waals surface area contributed by atoms with E-state index in [2.05, 4.69) is 39.7 Å². The first-order chi connectivity index (χ1) is 8.66. The van der Waals surface area contributed by atoms with Crippen LogP contribution in [0.2, 0.25) is 0 Å². The van der Waals surface area contributed by atoms with Gasteiger partial charge in [-0.2, -0.15) is 0 Å². The summed E-state index contributed by atoms with van der Waals surface area (Å²) >= 11 is 0. The number of nitrogens with two attached hydrogens (primary N) is 1. The van der Waals surface area contributed by atoms with Gasteiger partial charge in [-0.25, -0.2) is 10.8 Å². The third-order valence-corrected chi connectivity index (χ3v) is 3.86. The lowest BCUT2D eigenvalue weighted by Crippen LogP contribution is -2.47. The van der Waals surface area contributed by atoms with E-state index in [-0.39, 0.29) is 5.54 Å². The summed E-state index contributed by atoms with van der Waals surface area (Å²) in [7, 11) is 4.30. The van der Waals surface area contributed by atoms with Crippen molar-refractivity contribution in [3.8, 4) is 0 Å². The number of aromatic nitrogens is 2. The van der Waals surface area contributed by atoms with E-state index in [1.165, 1.54) is 25.7 Å². The Morgan fingerprint density at radius 3 is 2.56 bits per heavy atom. The SMILES string of the molecule is CN(C)C1(CNc2cncc(NN)n2)CCCC1. The molecule has 0 aromatic carbocycles. The quantitative estimate of drug-likeness (QED) is 0.535. The number of hydrazine groups is 1. The van der Waals surface area contributed by atoms with Gasteiger partial charge in [-0.1, -0.05) is 12.8 Å². The van der Waals surface area contributed by atoms with Crippen LogP contribution in [0.4, 0.5) is 11.6 Å². The molecule has 0 radical (unpaired) electrons. The maximum absolute atomic E-state index is 5.32. The minimum absolute atomic E-state index is 0.244. The van der Waals surface area contributed by atoms with Crippen LogP contribution < -0.4 is 16.6 Å². The molecule has 4 N–H and O–H groups in total. The summed E-state index contributed by atoms with van der Waals surface area (Å²) < 4.78 is 0. The molecule has 1 heterocycles. The van der Waals surface area contributed by atoms with Gasteiger partial charge in [-0.15, -0.1) is 0 Å². The molecule has 0 spiro atoms. The van der Waals surface area contributed by atoms with E-state index in [1.54, 1.807) is 12.4 Å². The largest absolute Gasteiger partial charge is 0.367 e. The Balaban J connectivity index is 2.01. The maximum Gasteiger partial charge on any atom is 0.160 e. The Morgan fingerprint density at radius 2 is 1.94 bits per heavy atom. The molecule has 0 bridgehead atoms. The highest BCUT2D eigenvalue weighted by Gasteiger charge is 2.35. The number of hydrogen-bond donors (Lipinski definition) is 3. The highest BCUT2D eigenvalue weighted by molar-refractivity contribution is 5.41. The highest BCUT2D eigenvalue weighted by Crippen LogP contribution is 2.33. The topological polar surface area (TPSA) is 79.1 Å². The van der Waals surface area contributed by atoms with Crippen molar-refractivity contribution in [2.75, 3.05) is 31.4 Å². The molecule has 0 atom stereocenters. The van der Waals surface area contributed by atoms with Gasteiger partial charge in [-0.05, 0) is 26.9 Å². The molecule has 0 saturated heterocycles. The molecule has 100 valence electrons. The number of rotatable bonds is 5. The lowest BCUT2D eigenvalue weighted by atomic mass is 9.96. The summed E-state index contributed by atoms with van der Waals surface area (Å²) in [4.78, 5) is 10.7. The van der Waals surface area contributed by atoms with Crippen molar-refractivity contribution in [1.29, 1.82) is 0 Å². The monoisotopic (exact) mass is 250 g/mol. The molecule has 6 heteroatoms. The van der Waals surface area contributed by atoms with E-state index in [0.29, 0.717) is 5.82 Å². The van der Waals surface area contributed by atoms with Crippen molar-refractivity contribution in [2.24, 2.45) is 5.84 Å². The molecule has 1 fully saturated rings. The first kappa shape index (κ1) is 13.0. The standard InChI is InChI=1S/C12H22N6/c1-18(2)12(5-3-4-6-12)9-15-10-7-14-8-11(16-10)17-13/h7-8H,3-6,9,13H2,1-2H3,(H2,15,16,17). The summed E-state index contributed by atoms with van der Waals surface area (Å²) in [6, 6.07) is 0. The van der Waals surface area contributed by atoms with E-state index in [0.717, 1.165) is 12.4 Å². The molecule has 1 saturated carbocycles. The maximum atomic E-state index is 5.32. The van der Waals surface area contributed by atoms with Crippen LogP contribution >= 0.6 is 0 Å². The molecular weight excluding hydrogens is 228 g/mol. The molecule has 0 aliphatic heterocycles. The highest BCUT2D eigenvalue weighted by atomic mass is 15.3. The molecule has 0 amide bonds. The second-order valence-corrected chi connectivity index (χ2v) is 5.11. The second kappa shape index (κ2) is 5.49. The predicted molar refractivity (Wildman–Crippen MR) is 73.2 cm³/mol. The number of anilines is 2. The Labute approximate surface area is 108 Å². The van der Waals surface area contributed by atoms with Crippen LogP contribution in [-0.2, 0) is 0 Å². The van der Waals surface area contributed by atoms with Crippen LogP contribution in [0.1, 0.15) is 25.7 Å². The summed E-state index contributed by atoms with van der Waals surface area (Å²) in [5.74, 6) is 6.66. The molecule has 0 unspecified atom stereocenters. The fraction of sp³-hybridized carbons (Fsp3) is 0.667. The number of nitrogens with one attached hydrogen (secondary N) is 2. The van der Waals surface area contributed by atoms with Crippen LogP contribution in [-0.4, -0.2) is 41.0 Å².